The molecule has 6 nitrogen and oxygen atoms in total. The minimum Gasteiger partial charge on any atom is -0.440 e. The molecule has 0 spiro atoms. The topological polar surface area (TPSA) is 67.6 Å². The van der Waals surface area contributed by atoms with Crippen LogP contribution in [0, 0.1) is 13.8 Å². The molecule has 1 saturated heterocycles. The van der Waals surface area contributed by atoms with Gasteiger partial charge in [0.05, 0.1) is 35.9 Å². The van der Waals surface area contributed by atoms with Crippen molar-refractivity contribution in [2.45, 2.75) is 26.8 Å². The summed E-state index contributed by atoms with van der Waals surface area (Å²) in [6.07, 6.45) is 1.73. The summed E-state index contributed by atoms with van der Waals surface area (Å²) in [5, 5.41) is 4.09. The first-order chi connectivity index (χ1) is 14.0. The van der Waals surface area contributed by atoms with Gasteiger partial charge >= 0.3 is 0 Å². The van der Waals surface area contributed by atoms with Gasteiger partial charge in [-0.05, 0) is 60.5 Å². The summed E-state index contributed by atoms with van der Waals surface area (Å²) in [5.41, 5.74) is 4.16. The van der Waals surface area contributed by atoms with E-state index in [0.29, 0.717) is 48.7 Å². The number of hydrogen-bond donors (Lipinski definition) is 1. The Morgan fingerprint density at radius 3 is 2.72 bits per heavy atom. The van der Waals surface area contributed by atoms with Gasteiger partial charge in [0.2, 0.25) is 5.88 Å². The zero-order valence-electron chi connectivity index (χ0n) is 16.8. The molecule has 0 saturated carbocycles. The van der Waals surface area contributed by atoms with Crippen LogP contribution in [0.25, 0.3) is 11.0 Å². The van der Waals surface area contributed by atoms with E-state index in [-0.39, 0.29) is 11.5 Å². The van der Waals surface area contributed by atoms with E-state index in [4.69, 9.17) is 9.15 Å². The molecule has 0 amide bonds. The maximum absolute atomic E-state index is 13.2. The molecule has 1 fully saturated rings. The van der Waals surface area contributed by atoms with E-state index in [1.807, 2.05) is 32.0 Å². The monoisotopic (exact) mass is 457 g/mol. The van der Waals surface area contributed by atoms with E-state index < -0.39 is 0 Å². The third-order valence-corrected chi connectivity index (χ3v) is 5.89. The van der Waals surface area contributed by atoms with Gasteiger partial charge in [0.1, 0.15) is 10.2 Å². The van der Waals surface area contributed by atoms with Gasteiger partial charge in [-0.2, -0.15) is 0 Å². The van der Waals surface area contributed by atoms with Gasteiger partial charge in [-0.1, -0.05) is 6.07 Å². The Hall–Kier alpha value is -2.38. The summed E-state index contributed by atoms with van der Waals surface area (Å²) < 4.78 is 12.6. The highest BCUT2D eigenvalue weighted by Gasteiger charge is 2.22. The molecule has 0 aliphatic carbocycles. The maximum Gasteiger partial charge on any atom is 0.203 e. The number of benzene rings is 1. The number of halogens is 1. The molecule has 1 atom stereocenters. The van der Waals surface area contributed by atoms with Gasteiger partial charge in [0.15, 0.2) is 5.43 Å². The number of aromatic nitrogens is 1. The normalized spacial score (nSPS) is 15.5. The van der Waals surface area contributed by atoms with Gasteiger partial charge < -0.3 is 19.4 Å². The van der Waals surface area contributed by atoms with Crippen LogP contribution >= 0.6 is 15.9 Å². The zero-order chi connectivity index (χ0) is 20.5. The van der Waals surface area contributed by atoms with Crippen LogP contribution in [0.1, 0.15) is 29.7 Å². The maximum atomic E-state index is 13.2. The van der Waals surface area contributed by atoms with Crippen LogP contribution in [0.15, 0.2) is 44.3 Å². The Morgan fingerprint density at radius 2 is 2.00 bits per heavy atom. The second-order valence-electron chi connectivity index (χ2n) is 7.40. The van der Waals surface area contributed by atoms with Crippen LogP contribution in [0.5, 0.6) is 0 Å². The Morgan fingerprint density at radius 1 is 1.24 bits per heavy atom. The summed E-state index contributed by atoms with van der Waals surface area (Å²) in [4.78, 5) is 19.5. The summed E-state index contributed by atoms with van der Waals surface area (Å²) >= 11 is 3.48. The van der Waals surface area contributed by atoms with Gasteiger partial charge in [-0.25, -0.2) is 4.98 Å². The van der Waals surface area contributed by atoms with Crippen molar-refractivity contribution in [3.8, 4) is 0 Å². The molecule has 2 aromatic heterocycles. The molecular formula is C22H24BrN3O3. The van der Waals surface area contributed by atoms with Crippen LogP contribution < -0.4 is 15.6 Å². The minimum absolute atomic E-state index is 0.0208. The molecule has 0 bridgehead atoms. The molecule has 1 N–H and O–H groups in total. The Kier molecular flexibility index (Phi) is 5.61. The number of aryl methyl sites for hydroxylation is 1. The average molecular weight is 458 g/mol. The fraction of sp³-hybridized carbons (Fsp3) is 0.364. The highest BCUT2D eigenvalue weighted by Crippen LogP contribution is 2.32. The van der Waals surface area contributed by atoms with Crippen molar-refractivity contribution in [2.24, 2.45) is 0 Å². The minimum atomic E-state index is -0.0821. The Labute approximate surface area is 178 Å². The fourth-order valence-corrected chi connectivity index (χ4v) is 4.12. The first kappa shape index (κ1) is 19.9. The largest absolute Gasteiger partial charge is 0.440 e. The third kappa shape index (κ3) is 3.89. The van der Waals surface area contributed by atoms with Crippen molar-refractivity contribution in [2.75, 3.05) is 36.5 Å². The summed E-state index contributed by atoms with van der Waals surface area (Å²) in [7, 11) is 0. The smallest absolute Gasteiger partial charge is 0.203 e. The number of nitrogens with zero attached hydrogens (tertiary/aromatic N) is 2. The molecule has 29 heavy (non-hydrogen) atoms. The average Bonchev–Trinajstić information content (AvgIpc) is 2.72. The number of anilines is 2. The van der Waals surface area contributed by atoms with Crippen molar-refractivity contribution in [1.82, 2.24) is 4.98 Å². The van der Waals surface area contributed by atoms with Gasteiger partial charge in [-0.15, -0.1) is 0 Å². The molecule has 1 aliphatic rings. The van der Waals surface area contributed by atoms with Crippen molar-refractivity contribution in [3.63, 3.8) is 0 Å². The second-order valence-corrected chi connectivity index (χ2v) is 8.15. The number of hydrogen-bond acceptors (Lipinski definition) is 6. The van der Waals surface area contributed by atoms with Crippen LogP contribution in [0.3, 0.4) is 0 Å². The number of morpholine rings is 1. The number of nitrogens with one attached hydrogen (secondary N) is 1. The summed E-state index contributed by atoms with van der Waals surface area (Å²) in [6, 6.07) is 7.75. The van der Waals surface area contributed by atoms with Crippen molar-refractivity contribution < 1.29 is 9.15 Å². The molecule has 7 heteroatoms. The van der Waals surface area contributed by atoms with Crippen LogP contribution in [0.4, 0.5) is 11.6 Å². The molecule has 152 valence electrons. The molecular weight excluding hydrogens is 434 g/mol. The lowest BCUT2D eigenvalue weighted by molar-refractivity contribution is 0.120. The van der Waals surface area contributed by atoms with E-state index in [9.17, 15) is 4.79 Å². The summed E-state index contributed by atoms with van der Waals surface area (Å²) in [5.74, 6) is 0.644. The number of rotatable bonds is 4. The predicted molar refractivity (Wildman–Crippen MR) is 119 cm³/mol. The highest BCUT2D eigenvalue weighted by molar-refractivity contribution is 9.10. The van der Waals surface area contributed by atoms with E-state index in [2.05, 4.69) is 44.1 Å². The Bertz CT molecular complexity index is 1110. The number of fused-ring (bicyclic) bond motifs is 1. The molecule has 3 heterocycles. The highest BCUT2D eigenvalue weighted by atomic mass is 79.9. The molecule has 3 aromatic rings. The number of ether oxygens (including phenoxy) is 1. The third-order valence-electron chi connectivity index (χ3n) is 5.26. The Balaban J connectivity index is 1.83. The van der Waals surface area contributed by atoms with Gasteiger partial charge in [-0.3, -0.25) is 4.79 Å². The molecule has 1 unspecified atom stereocenters. The van der Waals surface area contributed by atoms with Crippen molar-refractivity contribution in [3.05, 3.63) is 62.0 Å². The zero-order valence-corrected chi connectivity index (χ0v) is 18.4. The van der Waals surface area contributed by atoms with Crippen molar-refractivity contribution in [1.29, 1.82) is 0 Å². The van der Waals surface area contributed by atoms with E-state index in [0.717, 1.165) is 21.4 Å². The second kappa shape index (κ2) is 8.16. The fourth-order valence-electron chi connectivity index (χ4n) is 3.75. The quantitative estimate of drug-likeness (QED) is 0.578. The first-order valence-electron chi connectivity index (χ1n) is 9.73. The van der Waals surface area contributed by atoms with Gasteiger partial charge in [0, 0.05) is 24.8 Å². The SMILES string of the molecule is Cc1cc(C(C)Nc2cccnc2Br)c2oc(N3CCOCC3)c(C)c(=O)c2c1. The first-order valence-corrected chi connectivity index (χ1v) is 10.5. The predicted octanol–water partition coefficient (Wildman–Crippen LogP) is 4.58. The van der Waals surface area contributed by atoms with Crippen molar-refractivity contribution >= 4 is 38.5 Å². The lowest BCUT2D eigenvalue weighted by Crippen LogP contribution is -2.37. The lowest BCUT2D eigenvalue weighted by atomic mass is 10.0. The lowest BCUT2D eigenvalue weighted by Gasteiger charge is -2.29. The van der Waals surface area contributed by atoms with E-state index >= 15 is 0 Å². The van der Waals surface area contributed by atoms with Crippen LogP contribution in [0.2, 0.25) is 0 Å². The van der Waals surface area contributed by atoms with Gasteiger partial charge in [0.25, 0.3) is 0 Å². The van der Waals surface area contributed by atoms with E-state index in [1.165, 1.54) is 0 Å². The van der Waals surface area contributed by atoms with Crippen LogP contribution in [-0.4, -0.2) is 31.3 Å². The standard InChI is InChI=1S/C22H24BrN3O3/c1-13-11-16(15(3)25-18-5-4-6-24-21(18)23)20-17(12-13)19(27)14(2)22(29-20)26-7-9-28-10-8-26/h4-6,11-12,15,25H,7-10H2,1-3H3. The van der Waals surface area contributed by atoms with E-state index in [1.54, 1.807) is 6.20 Å². The molecule has 1 aromatic carbocycles. The molecule has 1 aliphatic heterocycles. The number of pyridine rings is 1. The van der Waals surface area contributed by atoms with Crippen LogP contribution in [-0.2, 0) is 4.74 Å². The molecule has 4 rings (SSSR count). The summed E-state index contributed by atoms with van der Waals surface area (Å²) in [6.45, 7) is 8.60. The molecule has 0 radical (unpaired) electrons.